The highest BCUT2D eigenvalue weighted by Crippen LogP contribution is 2.42. The Bertz CT molecular complexity index is 1060. The van der Waals surface area contributed by atoms with Crippen LogP contribution in [0.25, 0.3) is 22.7 Å². The van der Waals surface area contributed by atoms with Crippen LogP contribution in [0.1, 0.15) is 11.4 Å². The Morgan fingerprint density at radius 1 is 1.23 bits per heavy atom. The molecule has 0 radical (unpaired) electrons. The van der Waals surface area contributed by atoms with Crippen LogP contribution in [0.15, 0.2) is 30.3 Å². The molecule has 0 atom stereocenters. The van der Waals surface area contributed by atoms with Gasteiger partial charge in [-0.1, -0.05) is 0 Å². The van der Waals surface area contributed by atoms with Gasteiger partial charge >= 0.3 is 0 Å². The van der Waals surface area contributed by atoms with Gasteiger partial charge in [0.1, 0.15) is 17.6 Å². The molecule has 7 nitrogen and oxygen atoms in total. The van der Waals surface area contributed by atoms with Crippen LogP contribution in [0.3, 0.4) is 0 Å². The highest BCUT2D eigenvalue weighted by atomic mass is 16.7. The zero-order chi connectivity index (χ0) is 18.1. The maximum atomic E-state index is 9.60. The number of imidazole rings is 1. The fraction of sp³-hybridized carbons (Fsp3) is 0.158. The number of methoxy groups -OCH3 is 2. The van der Waals surface area contributed by atoms with Crippen LogP contribution in [0.2, 0.25) is 0 Å². The maximum Gasteiger partial charge on any atom is 0.231 e. The fourth-order valence-corrected chi connectivity index (χ4v) is 2.80. The van der Waals surface area contributed by atoms with Crippen molar-refractivity contribution in [2.75, 3.05) is 21.0 Å². The van der Waals surface area contributed by atoms with E-state index in [1.807, 2.05) is 18.2 Å². The van der Waals surface area contributed by atoms with Gasteiger partial charge in [0.05, 0.1) is 30.8 Å². The molecule has 0 saturated carbocycles. The summed E-state index contributed by atoms with van der Waals surface area (Å²) in [6, 6.07) is 11.3. The number of fused-ring (bicyclic) bond motifs is 2. The lowest BCUT2D eigenvalue weighted by atomic mass is 10.1. The third kappa shape index (κ3) is 2.67. The van der Waals surface area contributed by atoms with Crippen LogP contribution in [-0.4, -0.2) is 31.0 Å². The minimum Gasteiger partial charge on any atom is -0.497 e. The highest BCUT2D eigenvalue weighted by Gasteiger charge is 2.20. The monoisotopic (exact) mass is 349 g/mol. The van der Waals surface area contributed by atoms with Gasteiger partial charge in [-0.3, -0.25) is 0 Å². The van der Waals surface area contributed by atoms with Crippen molar-refractivity contribution in [3.05, 3.63) is 41.7 Å². The quantitative estimate of drug-likeness (QED) is 0.726. The van der Waals surface area contributed by atoms with Crippen molar-refractivity contribution < 1.29 is 18.9 Å². The van der Waals surface area contributed by atoms with Crippen molar-refractivity contribution in [3.8, 4) is 29.1 Å². The van der Waals surface area contributed by atoms with E-state index in [1.165, 1.54) is 0 Å². The number of hydrogen-bond acceptors (Lipinski definition) is 6. The molecule has 0 unspecified atom stereocenters. The SMILES string of the molecule is COc1ccc2nc(/C(C#N)=C\c3cc(OC)c4c(c3)OCO4)[nH]c2c1. The minimum atomic E-state index is 0.148. The summed E-state index contributed by atoms with van der Waals surface area (Å²) < 4.78 is 21.4. The molecule has 0 fully saturated rings. The van der Waals surface area contributed by atoms with Crippen molar-refractivity contribution in [3.63, 3.8) is 0 Å². The van der Waals surface area contributed by atoms with Gasteiger partial charge in [-0.15, -0.1) is 0 Å². The number of aromatic nitrogens is 2. The van der Waals surface area contributed by atoms with E-state index in [0.29, 0.717) is 28.6 Å². The number of nitrogens with zero attached hydrogens (tertiary/aromatic N) is 2. The third-order valence-corrected chi connectivity index (χ3v) is 4.06. The zero-order valence-corrected chi connectivity index (χ0v) is 14.2. The first-order chi connectivity index (χ1) is 12.7. The number of allylic oxidation sites excluding steroid dienone is 1. The molecule has 0 bridgehead atoms. The predicted molar refractivity (Wildman–Crippen MR) is 95.2 cm³/mol. The summed E-state index contributed by atoms with van der Waals surface area (Å²) in [5.41, 5.74) is 2.69. The van der Waals surface area contributed by atoms with Gasteiger partial charge in [0, 0.05) is 6.07 Å². The second-order valence-corrected chi connectivity index (χ2v) is 5.60. The molecule has 3 aromatic rings. The van der Waals surface area contributed by atoms with Gasteiger partial charge in [-0.2, -0.15) is 5.26 Å². The summed E-state index contributed by atoms with van der Waals surface area (Å²) in [6.45, 7) is 0.148. The summed E-state index contributed by atoms with van der Waals surface area (Å²) in [5, 5.41) is 9.60. The molecule has 0 amide bonds. The second kappa shape index (κ2) is 6.33. The largest absolute Gasteiger partial charge is 0.497 e. The number of rotatable bonds is 4. The van der Waals surface area contributed by atoms with E-state index in [2.05, 4.69) is 16.0 Å². The molecule has 0 saturated heterocycles. The third-order valence-electron chi connectivity index (χ3n) is 4.06. The first-order valence-electron chi connectivity index (χ1n) is 7.85. The van der Waals surface area contributed by atoms with Crippen LogP contribution in [0.5, 0.6) is 23.0 Å². The van der Waals surface area contributed by atoms with Crippen molar-refractivity contribution in [2.24, 2.45) is 0 Å². The number of ether oxygens (including phenoxy) is 4. The van der Waals surface area contributed by atoms with Crippen LogP contribution >= 0.6 is 0 Å². The Balaban J connectivity index is 1.77. The molecule has 26 heavy (non-hydrogen) atoms. The molecule has 4 rings (SSSR count). The highest BCUT2D eigenvalue weighted by molar-refractivity contribution is 5.91. The van der Waals surface area contributed by atoms with Crippen molar-refractivity contribution >= 4 is 22.7 Å². The molecule has 1 aromatic heterocycles. The van der Waals surface area contributed by atoms with Crippen LogP contribution in [0, 0.1) is 11.3 Å². The van der Waals surface area contributed by atoms with Crippen molar-refractivity contribution in [1.29, 1.82) is 5.26 Å². The summed E-state index contributed by atoms with van der Waals surface area (Å²) in [7, 11) is 3.16. The van der Waals surface area contributed by atoms with Gasteiger partial charge in [-0.25, -0.2) is 4.98 Å². The molecular weight excluding hydrogens is 334 g/mol. The predicted octanol–water partition coefficient (Wildman–Crippen LogP) is 3.37. The Labute approximate surface area is 149 Å². The molecule has 1 N–H and O–H groups in total. The molecule has 2 heterocycles. The topological polar surface area (TPSA) is 89.4 Å². The van der Waals surface area contributed by atoms with E-state index in [9.17, 15) is 5.26 Å². The van der Waals surface area contributed by atoms with E-state index < -0.39 is 0 Å². The number of aromatic amines is 1. The number of nitrogens with one attached hydrogen (secondary N) is 1. The molecule has 1 aliphatic rings. The minimum absolute atomic E-state index is 0.148. The summed E-state index contributed by atoms with van der Waals surface area (Å²) in [5.74, 6) is 2.90. The second-order valence-electron chi connectivity index (χ2n) is 5.60. The average Bonchev–Trinajstić information content (AvgIpc) is 3.31. The summed E-state index contributed by atoms with van der Waals surface area (Å²) in [6.07, 6.45) is 1.72. The van der Waals surface area contributed by atoms with E-state index in [-0.39, 0.29) is 6.79 Å². The molecular formula is C19H15N3O4. The first-order valence-corrected chi connectivity index (χ1v) is 7.85. The van der Waals surface area contributed by atoms with Gasteiger partial charge in [-0.05, 0) is 35.9 Å². The smallest absolute Gasteiger partial charge is 0.231 e. The van der Waals surface area contributed by atoms with E-state index in [1.54, 1.807) is 32.4 Å². The maximum absolute atomic E-state index is 9.60. The van der Waals surface area contributed by atoms with Gasteiger partial charge < -0.3 is 23.9 Å². The average molecular weight is 349 g/mol. The van der Waals surface area contributed by atoms with Crippen LogP contribution in [-0.2, 0) is 0 Å². The first kappa shape index (κ1) is 15.8. The van der Waals surface area contributed by atoms with E-state index in [4.69, 9.17) is 18.9 Å². The van der Waals surface area contributed by atoms with E-state index >= 15 is 0 Å². The number of benzene rings is 2. The molecule has 130 valence electrons. The van der Waals surface area contributed by atoms with Gasteiger partial charge in [0.25, 0.3) is 0 Å². The van der Waals surface area contributed by atoms with E-state index in [0.717, 1.165) is 22.3 Å². The Hall–Kier alpha value is -3.66. The van der Waals surface area contributed by atoms with Crippen molar-refractivity contribution in [1.82, 2.24) is 9.97 Å². The van der Waals surface area contributed by atoms with Gasteiger partial charge in [0.2, 0.25) is 12.5 Å². The summed E-state index contributed by atoms with van der Waals surface area (Å²) in [4.78, 5) is 7.63. The molecule has 0 spiro atoms. The number of H-pyrrole nitrogens is 1. The standard InChI is InChI=1S/C19H15N3O4/c1-23-13-3-4-14-15(8-13)22-19(21-14)12(9-20)5-11-6-16(24-2)18-17(7-11)25-10-26-18/h3-8H,10H2,1-2H3,(H,21,22)/b12-5-. The zero-order valence-electron chi connectivity index (χ0n) is 14.2. The lowest BCUT2D eigenvalue weighted by Gasteiger charge is -2.06. The molecule has 2 aromatic carbocycles. The normalized spacial score (nSPS) is 12.9. The number of nitriles is 1. The lowest BCUT2D eigenvalue weighted by molar-refractivity contribution is 0.171. The van der Waals surface area contributed by atoms with Gasteiger partial charge in [0.15, 0.2) is 11.5 Å². The lowest BCUT2D eigenvalue weighted by Crippen LogP contribution is -1.93. The number of hydrogen-bond donors (Lipinski definition) is 1. The molecule has 7 heteroatoms. The Morgan fingerprint density at radius 3 is 2.88 bits per heavy atom. The Morgan fingerprint density at radius 2 is 2.12 bits per heavy atom. The Kier molecular flexibility index (Phi) is 3.86. The van der Waals surface area contributed by atoms with Crippen LogP contribution in [0.4, 0.5) is 0 Å². The fourth-order valence-electron chi connectivity index (χ4n) is 2.80. The summed E-state index contributed by atoms with van der Waals surface area (Å²) >= 11 is 0. The van der Waals surface area contributed by atoms with Crippen LogP contribution < -0.4 is 18.9 Å². The van der Waals surface area contributed by atoms with Crippen molar-refractivity contribution in [2.45, 2.75) is 0 Å². The molecule has 1 aliphatic heterocycles. The molecule has 0 aliphatic carbocycles.